The lowest BCUT2D eigenvalue weighted by Gasteiger charge is -2.26. The largest absolute Gasteiger partial charge is 0.497 e. The van der Waals surface area contributed by atoms with Crippen LogP contribution in [0.5, 0.6) is 11.5 Å². The van der Waals surface area contributed by atoms with Gasteiger partial charge in [0.1, 0.15) is 11.5 Å². The predicted octanol–water partition coefficient (Wildman–Crippen LogP) is 2.09. The first-order valence-electron chi connectivity index (χ1n) is 7.82. The summed E-state index contributed by atoms with van der Waals surface area (Å²) in [6.45, 7) is 0.668. The summed E-state index contributed by atoms with van der Waals surface area (Å²) in [5.74, 6) is -0.396. The second-order valence-corrected chi connectivity index (χ2v) is 6.08. The molecule has 1 amide bonds. The molecule has 1 saturated heterocycles. The zero-order valence-corrected chi connectivity index (χ0v) is 13.3. The molecule has 1 aromatic carbocycles. The number of hydrogen-bond acceptors (Lipinski definition) is 4. The molecule has 0 bridgehead atoms. The van der Waals surface area contributed by atoms with Crippen LogP contribution in [0.15, 0.2) is 18.2 Å². The zero-order valence-electron chi connectivity index (χ0n) is 13.3. The van der Waals surface area contributed by atoms with Crippen molar-refractivity contribution in [1.82, 2.24) is 4.90 Å². The number of rotatable bonds is 5. The molecule has 1 N–H and O–H groups in total. The lowest BCUT2D eigenvalue weighted by atomic mass is 10.0. The Morgan fingerprint density at radius 3 is 2.61 bits per heavy atom. The molecule has 23 heavy (non-hydrogen) atoms. The molecule has 0 unspecified atom stereocenters. The SMILES string of the molecule is COc1ccc([C@@H]2CCCN2C(=O)[C@H]2C[C@H]2C(=O)O)c(OC)c1. The van der Waals surface area contributed by atoms with Gasteiger partial charge in [-0.2, -0.15) is 0 Å². The molecule has 1 aromatic rings. The number of benzene rings is 1. The van der Waals surface area contributed by atoms with Crippen LogP contribution in [0.2, 0.25) is 0 Å². The maximum atomic E-state index is 12.6. The highest BCUT2D eigenvalue weighted by Gasteiger charge is 2.51. The Balaban J connectivity index is 1.82. The quantitative estimate of drug-likeness (QED) is 0.899. The smallest absolute Gasteiger partial charge is 0.307 e. The number of nitrogens with zero attached hydrogens (tertiary/aromatic N) is 1. The molecule has 124 valence electrons. The molecule has 2 aliphatic rings. The fraction of sp³-hybridized carbons (Fsp3) is 0.529. The van der Waals surface area contributed by atoms with E-state index in [0.29, 0.717) is 24.5 Å². The highest BCUT2D eigenvalue weighted by Crippen LogP contribution is 2.45. The van der Waals surface area contributed by atoms with Gasteiger partial charge in [-0.15, -0.1) is 0 Å². The van der Waals surface area contributed by atoms with Crippen LogP contribution in [0.3, 0.4) is 0 Å². The molecule has 0 radical (unpaired) electrons. The molecule has 1 aliphatic heterocycles. The Morgan fingerprint density at radius 1 is 1.22 bits per heavy atom. The van der Waals surface area contributed by atoms with Crippen molar-refractivity contribution in [2.45, 2.75) is 25.3 Å². The van der Waals surface area contributed by atoms with Gasteiger partial charge in [-0.05, 0) is 31.4 Å². The van der Waals surface area contributed by atoms with Crippen LogP contribution < -0.4 is 9.47 Å². The lowest BCUT2D eigenvalue weighted by molar-refractivity contribution is -0.142. The molecule has 6 nitrogen and oxygen atoms in total. The standard InChI is InChI=1S/C17H21NO5/c1-22-10-5-6-11(15(8-10)23-2)14-4-3-7-18(14)16(19)12-9-13(12)17(20)21/h5-6,8,12-14H,3-4,7,9H2,1-2H3,(H,20,21)/t12-,13+,14-/m0/s1. The van der Waals surface area contributed by atoms with Gasteiger partial charge in [0.15, 0.2) is 0 Å². The molecule has 6 heteroatoms. The molecule has 1 saturated carbocycles. The van der Waals surface area contributed by atoms with E-state index >= 15 is 0 Å². The first kappa shape index (κ1) is 15.6. The van der Waals surface area contributed by atoms with Gasteiger partial charge in [0, 0.05) is 18.2 Å². The summed E-state index contributed by atoms with van der Waals surface area (Å²) >= 11 is 0. The Morgan fingerprint density at radius 2 is 2.00 bits per heavy atom. The number of carboxylic acid groups (broad SMARTS) is 1. The summed E-state index contributed by atoms with van der Waals surface area (Å²) in [5.41, 5.74) is 0.951. The van der Waals surface area contributed by atoms with Gasteiger partial charge >= 0.3 is 5.97 Å². The fourth-order valence-electron chi connectivity index (χ4n) is 3.40. The summed E-state index contributed by atoms with van der Waals surface area (Å²) in [5, 5.41) is 9.03. The van der Waals surface area contributed by atoms with E-state index in [9.17, 15) is 9.59 Å². The van der Waals surface area contributed by atoms with E-state index in [1.54, 1.807) is 14.2 Å². The van der Waals surface area contributed by atoms with Crippen molar-refractivity contribution in [1.29, 1.82) is 0 Å². The molecule has 2 fully saturated rings. The van der Waals surface area contributed by atoms with Crippen LogP contribution in [0.1, 0.15) is 30.9 Å². The van der Waals surface area contributed by atoms with Crippen molar-refractivity contribution >= 4 is 11.9 Å². The van der Waals surface area contributed by atoms with Gasteiger partial charge in [-0.1, -0.05) is 0 Å². The number of ether oxygens (including phenoxy) is 2. The van der Waals surface area contributed by atoms with E-state index in [2.05, 4.69) is 0 Å². The van der Waals surface area contributed by atoms with E-state index in [0.717, 1.165) is 18.4 Å². The first-order valence-corrected chi connectivity index (χ1v) is 7.82. The van der Waals surface area contributed by atoms with Gasteiger partial charge in [0.2, 0.25) is 5.91 Å². The van der Waals surface area contributed by atoms with Crippen LogP contribution in [-0.4, -0.2) is 42.6 Å². The van der Waals surface area contributed by atoms with E-state index in [4.69, 9.17) is 14.6 Å². The molecule has 0 aromatic heterocycles. The number of aliphatic carboxylic acids is 1. The molecule has 3 atom stereocenters. The highest BCUT2D eigenvalue weighted by atomic mass is 16.5. The van der Waals surface area contributed by atoms with Crippen LogP contribution in [-0.2, 0) is 9.59 Å². The van der Waals surface area contributed by atoms with Crippen molar-refractivity contribution in [2.24, 2.45) is 11.8 Å². The molecule has 1 aliphatic carbocycles. The Kier molecular flexibility index (Phi) is 4.15. The third-order valence-corrected chi connectivity index (χ3v) is 4.76. The minimum atomic E-state index is -0.874. The van der Waals surface area contributed by atoms with Crippen LogP contribution in [0, 0.1) is 11.8 Å². The number of carbonyl (C=O) groups excluding carboxylic acids is 1. The van der Waals surface area contributed by atoms with Gasteiger partial charge in [0.05, 0.1) is 32.1 Å². The summed E-state index contributed by atoms with van der Waals surface area (Å²) < 4.78 is 10.7. The second kappa shape index (κ2) is 6.10. The molecule has 3 rings (SSSR count). The van der Waals surface area contributed by atoms with Crippen molar-refractivity contribution in [2.75, 3.05) is 20.8 Å². The second-order valence-electron chi connectivity index (χ2n) is 6.08. The summed E-state index contributed by atoms with van der Waals surface area (Å²) in [7, 11) is 3.19. The summed E-state index contributed by atoms with van der Waals surface area (Å²) in [6, 6.07) is 5.54. The van der Waals surface area contributed by atoms with Gasteiger partial charge in [-0.25, -0.2) is 0 Å². The third-order valence-electron chi connectivity index (χ3n) is 4.76. The Hall–Kier alpha value is -2.24. The maximum absolute atomic E-state index is 12.6. The predicted molar refractivity (Wildman–Crippen MR) is 82.5 cm³/mol. The van der Waals surface area contributed by atoms with Crippen LogP contribution >= 0.6 is 0 Å². The fourth-order valence-corrected chi connectivity index (χ4v) is 3.40. The van der Waals surface area contributed by atoms with Gasteiger partial charge in [0.25, 0.3) is 0 Å². The number of amides is 1. The van der Waals surface area contributed by atoms with E-state index in [1.807, 2.05) is 23.1 Å². The molecular formula is C17H21NO5. The van der Waals surface area contributed by atoms with Crippen molar-refractivity contribution < 1.29 is 24.2 Å². The van der Waals surface area contributed by atoms with Crippen molar-refractivity contribution in [3.63, 3.8) is 0 Å². The minimum Gasteiger partial charge on any atom is -0.497 e. The monoisotopic (exact) mass is 319 g/mol. The third kappa shape index (κ3) is 2.85. The highest BCUT2D eigenvalue weighted by molar-refractivity contribution is 5.90. The summed E-state index contributed by atoms with van der Waals surface area (Å²) in [4.78, 5) is 25.5. The first-order chi connectivity index (χ1) is 11.1. The number of methoxy groups -OCH3 is 2. The average molecular weight is 319 g/mol. The Bertz CT molecular complexity index is 629. The lowest BCUT2D eigenvalue weighted by Crippen LogP contribution is -2.32. The molecule has 0 spiro atoms. The topological polar surface area (TPSA) is 76.1 Å². The van der Waals surface area contributed by atoms with E-state index in [1.165, 1.54) is 0 Å². The van der Waals surface area contributed by atoms with Crippen LogP contribution in [0.4, 0.5) is 0 Å². The number of likely N-dealkylation sites (tertiary alicyclic amines) is 1. The maximum Gasteiger partial charge on any atom is 0.307 e. The van der Waals surface area contributed by atoms with Gasteiger partial charge in [-0.3, -0.25) is 9.59 Å². The van der Waals surface area contributed by atoms with Crippen LogP contribution in [0.25, 0.3) is 0 Å². The average Bonchev–Trinajstić information content (AvgIpc) is 3.23. The number of hydrogen-bond donors (Lipinski definition) is 1. The van der Waals surface area contributed by atoms with Gasteiger partial charge < -0.3 is 19.5 Å². The molecular weight excluding hydrogens is 298 g/mol. The Labute approximate surface area is 135 Å². The zero-order chi connectivity index (χ0) is 16.6. The van der Waals surface area contributed by atoms with Crippen molar-refractivity contribution in [3.05, 3.63) is 23.8 Å². The number of carbonyl (C=O) groups is 2. The van der Waals surface area contributed by atoms with E-state index in [-0.39, 0.29) is 17.9 Å². The number of carboxylic acids is 1. The molecule has 1 heterocycles. The normalized spacial score (nSPS) is 26.0. The minimum absolute atomic E-state index is 0.0437. The summed E-state index contributed by atoms with van der Waals surface area (Å²) in [6.07, 6.45) is 2.23. The van der Waals surface area contributed by atoms with Crippen molar-refractivity contribution in [3.8, 4) is 11.5 Å². The van der Waals surface area contributed by atoms with E-state index < -0.39 is 11.9 Å².